The van der Waals surface area contributed by atoms with Crippen molar-refractivity contribution in [3.63, 3.8) is 0 Å². The topological polar surface area (TPSA) is 52.3 Å². The summed E-state index contributed by atoms with van der Waals surface area (Å²) >= 11 is 6.02. The van der Waals surface area contributed by atoms with Gasteiger partial charge in [0.25, 0.3) is 0 Å². The van der Waals surface area contributed by atoms with Crippen LogP contribution in [0.4, 0.5) is 10.1 Å². The molecule has 5 heteroatoms. The highest BCUT2D eigenvalue weighted by Gasteiger charge is 2.24. The highest BCUT2D eigenvalue weighted by molar-refractivity contribution is 6.31. The number of fused-ring (bicyclic) bond motifs is 1. The van der Waals surface area contributed by atoms with Crippen molar-refractivity contribution in [2.24, 2.45) is 0 Å². The van der Waals surface area contributed by atoms with E-state index in [0.717, 1.165) is 11.6 Å². The van der Waals surface area contributed by atoms with Gasteiger partial charge in [0.1, 0.15) is 11.6 Å². The van der Waals surface area contributed by atoms with Crippen LogP contribution in [-0.2, 0) is 6.42 Å². The van der Waals surface area contributed by atoms with E-state index < -0.39 is 5.82 Å². The van der Waals surface area contributed by atoms with E-state index in [1.54, 1.807) is 6.07 Å². The van der Waals surface area contributed by atoms with E-state index in [0.29, 0.717) is 29.4 Å². The first-order chi connectivity index (χ1) is 9.56. The largest absolute Gasteiger partial charge is 0.492 e. The van der Waals surface area contributed by atoms with Crippen LogP contribution in [0.3, 0.4) is 0 Å². The Morgan fingerprint density at radius 1 is 1.25 bits per heavy atom. The van der Waals surface area contributed by atoms with Crippen LogP contribution in [0.15, 0.2) is 30.3 Å². The van der Waals surface area contributed by atoms with Crippen molar-refractivity contribution >= 4 is 23.1 Å². The smallest absolute Gasteiger partial charge is 0.198 e. The van der Waals surface area contributed by atoms with Crippen molar-refractivity contribution in [1.29, 1.82) is 0 Å². The molecule has 2 aromatic carbocycles. The number of carbonyl (C=O) groups excluding carboxylic acids is 1. The molecule has 0 atom stereocenters. The van der Waals surface area contributed by atoms with Crippen LogP contribution < -0.4 is 10.5 Å². The van der Waals surface area contributed by atoms with Gasteiger partial charge >= 0.3 is 0 Å². The third-order valence-electron chi connectivity index (χ3n) is 3.25. The van der Waals surface area contributed by atoms with Crippen LogP contribution in [0.1, 0.15) is 21.5 Å². The maximum Gasteiger partial charge on any atom is 0.198 e. The number of halogens is 2. The van der Waals surface area contributed by atoms with Gasteiger partial charge in [-0.2, -0.15) is 0 Å². The predicted octanol–water partition coefficient (Wildman–Crippen LogP) is 3.23. The first-order valence-electron chi connectivity index (χ1n) is 6.11. The fourth-order valence-electron chi connectivity index (χ4n) is 2.31. The van der Waals surface area contributed by atoms with E-state index in [-0.39, 0.29) is 17.0 Å². The molecule has 0 fully saturated rings. The Kier molecular flexibility index (Phi) is 3.10. The van der Waals surface area contributed by atoms with Crippen LogP contribution >= 0.6 is 11.6 Å². The Bertz CT molecular complexity index is 715. The lowest BCUT2D eigenvalue weighted by molar-refractivity contribution is 0.103. The Balaban J connectivity index is 2.14. The molecule has 1 heterocycles. The monoisotopic (exact) mass is 291 g/mol. The minimum absolute atomic E-state index is 0.116. The van der Waals surface area contributed by atoms with Crippen LogP contribution in [-0.4, -0.2) is 12.4 Å². The highest BCUT2D eigenvalue weighted by Crippen LogP contribution is 2.34. The maximum absolute atomic E-state index is 13.3. The lowest BCUT2D eigenvalue weighted by atomic mass is 9.98. The first kappa shape index (κ1) is 12.9. The lowest BCUT2D eigenvalue weighted by Crippen LogP contribution is -2.07. The second kappa shape index (κ2) is 4.80. The minimum Gasteiger partial charge on any atom is -0.492 e. The van der Waals surface area contributed by atoms with E-state index in [1.807, 2.05) is 0 Å². The number of hydrogen-bond donors (Lipinski definition) is 1. The summed E-state index contributed by atoms with van der Waals surface area (Å²) in [5, 5.41) is 0.451. The molecular formula is C15H11ClFNO2. The van der Waals surface area contributed by atoms with Crippen LogP contribution in [0, 0.1) is 5.82 Å². The number of nitrogen functional groups attached to an aromatic ring is 1. The van der Waals surface area contributed by atoms with E-state index in [4.69, 9.17) is 22.1 Å². The fraction of sp³-hybridized carbons (Fsp3) is 0.133. The Labute approximate surface area is 120 Å². The summed E-state index contributed by atoms with van der Waals surface area (Å²) in [6.07, 6.45) is 0.703. The molecule has 3 nitrogen and oxygen atoms in total. The summed E-state index contributed by atoms with van der Waals surface area (Å²) in [5.74, 6) is -0.382. The molecule has 0 unspecified atom stereocenters. The normalized spacial score (nSPS) is 12.9. The molecule has 0 amide bonds. The zero-order valence-corrected chi connectivity index (χ0v) is 11.2. The van der Waals surface area contributed by atoms with Crippen molar-refractivity contribution in [3.8, 4) is 5.75 Å². The van der Waals surface area contributed by atoms with Gasteiger partial charge in [-0.05, 0) is 35.9 Å². The van der Waals surface area contributed by atoms with Crippen LogP contribution in [0.5, 0.6) is 5.75 Å². The summed E-state index contributed by atoms with van der Waals surface area (Å²) in [7, 11) is 0. The average Bonchev–Trinajstić information content (AvgIpc) is 2.87. The van der Waals surface area contributed by atoms with Gasteiger partial charge in [0.2, 0.25) is 0 Å². The van der Waals surface area contributed by atoms with Crippen molar-refractivity contribution in [2.75, 3.05) is 12.3 Å². The molecule has 0 aliphatic carbocycles. The van der Waals surface area contributed by atoms with Crippen molar-refractivity contribution in [2.45, 2.75) is 6.42 Å². The zero-order chi connectivity index (χ0) is 14.3. The second-order valence-corrected chi connectivity index (χ2v) is 5.04. The summed E-state index contributed by atoms with van der Waals surface area (Å²) in [6.45, 7) is 0.509. The molecule has 0 saturated heterocycles. The van der Waals surface area contributed by atoms with Gasteiger partial charge in [0.15, 0.2) is 5.78 Å². The molecule has 2 aromatic rings. The zero-order valence-electron chi connectivity index (χ0n) is 10.5. The third-order valence-corrected chi connectivity index (χ3v) is 3.47. The second-order valence-electron chi connectivity index (χ2n) is 4.60. The number of ether oxygens (including phenoxy) is 1. The van der Waals surface area contributed by atoms with E-state index >= 15 is 0 Å². The van der Waals surface area contributed by atoms with Crippen molar-refractivity contribution in [1.82, 2.24) is 0 Å². The van der Waals surface area contributed by atoms with E-state index in [1.165, 1.54) is 18.2 Å². The number of anilines is 1. The number of carbonyl (C=O) groups is 1. The molecule has 2 N–H and O–H groups in total. The molecule has 0 radical (unpaired) electrons. The number of rotatable bonds is 2. The molecule has 0 spiro atoms. The molecular weight excluding hydrogens is 281 g/mol. The van der Waals surface area contributed by atoms with E-state index in [9.17, 15) is 9.18 Å². The molecule has 0 aromatic heterocycles. The molecule has 102 valence electrons. The van der Waals surface area contributed by atoms with Gasteiger partial charge in [-0.15, -0.1) is 0 Å². The predicted molar refractivity (Wildman–Crippen MR) is 74.9 cm³/mol. The number of benzene rings is 2. The summed E-state index contributed by atoms with van der Waals surface area (Å²) in [6, 6.07) is 7.01. The third kappa shape index (κ3) is 2.12. The van der Waals surface area contributed by atoms with Crippen molar-refractivity contribution < 1.29 is 13.9 Å². The van der Waals surface area contributed by atoms with Gasteiger partial charge in [-0.3, -0.25) is 4.79 Å². The minimum atomic E-state index is -0.512. The molecule has 20 heavy (non-hydrogen) atoms. The first-order valence-corrected chi connectivity index (χ1v) is 6.49. The van der Waals surface area contributed by atoms with Gasteiger partial charge in [-0.1, -0.05) is 11.6 Å². The summed E-state index contributed by atoms with van der Waals surface area (Å²) < 4.78 is 18.8. The SMILES string of the molecule is Nc1ccc(F)cc1C(=O)c1cc(Cl)cc2c1OCC2. The Morgan fingerprint density at radius 3 is 2.85 bits per heavy atom. The van der Waals surface area contributed by atoms with Gasteiger partial charge < -0.3 is 10.5 Å². The van der Waals surface area contributed by atoms with Gasteiger partial charge in [0.05, 0.1) is 12.2 Å². The summed E-state index contributed by atoms with van der Waals surface area (Å²) in [4.78, 5) is 12.5. The average molecular weight is 292 g/mol. The van der Waals surface area contributed by atoms with Crippen LogP contribution in [0.25, 0.3) is 0 Å². The molecule has 3 rings (SSSR count). The molecule has 0 bridgehead atoms. The highest BCUT2D eigenvalue weighted by atomic mass is 35.5. The fourth-order valence-corrected chi connectivity index (χ4v) is 2.55. The Morgan fingerprint density at radius 2 is 2.05 bits per heavy atom. The van der Waals surface area contributed by atoms with Crippen molar-refractivity contribution in [3.05, 3.63) is 57.9 Å². The molecule has 1 aliphatic rings. The number of ketones is 1. The number of nitrogens with two attached hydrogens (primary N) is 1. The van der Waals surface area contributed by atoms with Gasteiger partial charge in [-0.25, -0.2) is 4.39 Å². The summed E-state index contributed by atoms with van der Waals surface area (Å²) in [5.41, 5.74) is 7.30. The Hall–Kier alpha value is -2.07. The molecule has 1 aliphatic heterocycles. The van der Waals surface area contributed by atoms with Gasteiger partial charge in [0, 0.05) is 22.7 Å². The maximum atomic E-state index is 13.3. The van der Waals surface area contributed by atoms with Crippen LogP contribution in [0.2, 0.25) is 5.02 Å². The number of hydrogen-bond acceptors (Lipinski definition) is 3. The lowest BCUT2D eigenvalue weighted by Gasteiger charge is -2.10. The van der Waals surface area contributed by atoms with E-state index in [2.05, 4.69) is 0 Å². The standard InChI is InChI=1S/C15H11ClFNO2/c16-9-5-8-3-4-20-15(8)12(6-9)14(19)11-7-10(17)1-2-13(11)18/h1-2,5-7H,3-4,18H2. The quantitative estimate of drug-likeness (QED) is 0.683. The molecule has 0 saturated carbocycles.